The van der Waals surface area contributed by atoms with Gasteiger partial charge in [0.25, 0.3) is 0 Å². The zero-order chi connectivity index (χ0) is 9.90. The molecule has 0 atom stereocenters. The average Bonchev–Trinajstić information content (AvgIpc) is 2.33. The Balaban J connectivity index is 2.59. The van der Waals surface area contributed by atoms with Crippen LogP contribution in [0.4, 0.5) is 13.2 Å². The van der Waals surface area contributed by atoms with Crippen LogP contribution in [0.25, 0.3) is 0 Å². The summed E-state index contributed by atoms with van der Waals surface area (Å²) < 4.78 is 36.5. The number of hydrogen-bond acceptors (Lipinski definition) is 2. The van der Waals surface area contributed by atoms with Gasteiger partial charge in [0.2, 0.25) is 0 Å². The van der Waals surface area contributed by atoms with E-state index in [9.17, 15) is 13.2 Å². The number of nitrogens with one attached hydrogen (secondary N) is 1. The fourth-order valence-corrected chi connectivity index (χ4v) is 0.972. The molecule has 13 heavy (non-hydrogen) atoms. The van der Waals surface area contributed by atoms with Crippen LogP contribution in [0.2, 0.25) is 0 Å². The van der Waals surface area contributed by atoms with Gasteiger partial charge in [-0.25, -0.2) is 0 Å². The third kappa shape index (κ3) is 3.45. The molecule has 0 saturated heterocycles. The molecule has 3 nitrogen and oxygen atoms in total. The summed E-state index contributed by atoms with van der Waals surface area (Å²) in [5, 5.41) is 6.40. The van der Waals surface area contributed by atoms with Crippen molar-refractivity contribution in [2.45, 2.75) is 19.3 Å². The minimum absolute atomic E-state index is 0.526. The van der Waals surface area contributed by atoms with E-state index in [0.717, 1.165) is 10.2 Å². The number of hydrogen-bond donors (Lipinski definition) is 1. The van der Waals surface area contributed by atoms with E-state index in [-0.39, 0.29) is 0 Å². The molecule has 0 aromatic carbocycles. The molecule has 1 rings (SSSR count). The summed E-state index contributed by atoms with van der Waals surface area (Å²) in [5.74, 6) is 0. The molecule has 74 valence electrons. The van der Waals surface area contributed by atoms with Crippen LogP contribution in [0.5, 0.6) is 0 Å². The fraction of sp³-hybridized carbons (Fsp3) is 0.571. The maximum Gasteiger partial charge on any atom is 0.408 e. The summed E-state index contributed by atoms with van der Waals surface area (Å²) >= 11 is 0. The Morgan fingerprint density at radius 1 is 1.54 bits per heavy atom. The van der Waals surface area contributed by atoms with Crippen molar-refractivity contribution < 1.29 is 13.2 Å². The van der Waals surface area contributed by atoms with E-state index in [0.29, 0.717) is 6.54 Å². The van der Waals surface area contributed by atoms with Crippen molar-refractivity contribution >= 4 is 0 Å². The zero-order valence-corrected chi connectivity index (χ0v) is 7.10. The Morgan fingerprint density at radius 3 is 2.77 bits per heavy atom. The van der Waals surface area contributed by atoms with Crippen molar-refractivity contribution in [1.82, 2.24) is 15.1 Å². The van der Waals surface area contributed by atoms with Crippen LogP contribution >= 0.6 is 0 Å². The molecule has 0 aliphatic carbocycles. The zero-order valence-electron chi connectivity index (χ0n) is 7.10. The molecule has 0 fully saturated rings. The van der Waals surface area contributed by atoms with Crippen molar-refractivity contribution in [3.63, 3.8) is 0 Å². The molecule has 0 unspecified atom stereocenters. The summed E-state index contributed by atoms with van der Waals surface area (Å²) in [4.78, 5) is 0. The van der Waals surface area contributed by atoms with Crippen LogP contribution in [0.3, 0.4) is 0 Å². The molecule has 0 radical (unpaired) electrons. The first-order chi connectivity index (χ1) is 6.01. The smallest absolute Gasteiger partial charge is 0.316 e. The lowest BCUT2D eigenvalue weighted by atomic mass is 10.4. The highest BCUT2D eigenvalue weighted by Crippen LogP contribution is 2.16. The van der Waals surface area contributed by atoms with Crippen LogP contribution in [0, 0.1) is 0 Å². The Bertz CT molecular complexity index is 266. The summed E-state index contributed by atoms with van der Waals surface area (Å²) in [6.07, 6.45) is -1.41. The second-order valence-electron chi connectivity index (χ2n) is 2.69. The molecule has 0 amide bonds. The third-order valence-electron chi connectivity index (χ3n) is 1.41. The molecule has 1 N–H and O–H groups in total. The van der Waals surface area contributed by atoms with Crippen LogP contribution in [-0.2, 0) is 13.1 Å². The summed E-state index contributed by atoms with van der Waals surface area (Å²) in [6, 6.07) is 0. The molecular formula is C7H10F3N3. The summed E-state index contributed by atoms with van der Waals surface area (Å²) in [5.41, 5.74) is 0.742. The van der Waals surface area contributed by atoms with Gasteiger partial charge in [-0.1, -0.05) is 0 Å². The number of halogens is 3. The molecule has 1 aromatic rings. The van der Waals surface area contributed by atoms with E-state index in [4.69, 9.17) is 0 Å². The van der Waals surface area contributed by atoms with Gasteiger partial charge in [0, 0.05) is 18.3 Å². The summed E-state index contributed by atoms with van der Waals surface area (Å²) in [6.45, 7) is -0.505. The molecule has 0 bridgehead atoms. The maximum absolute atomic E-state index is 11.9. The first-order valence-corrected chi connectivity index (χ1v) is 3.74. The first-order valence-electron chi connectivity index (χ1n) is 3.74. The highest BCUT2D eigenvalue weighted by atomic mass is 19.4. The SMILES string of the molecule is CNCc1cnn(CC(F)(F)F)c1. The lowest BCUT2D eigenvalue weighted by Crippen LogP contribution is -2.17. The summed E-state index contributed by atoms with van der Waals surface area (Å²) in [7, 11) is 1.72. The normalized spacial score (nSPS) is 12.0. The molecule has 0 saturated carbocycles. The van der Waals surface area contributed by atoms with E-state index >= 15 is 0 Å². The van der Waals surface area contributed by atoms with Crippen LogP contribution in [-0.4, -0.2) is 23.0 Å². The van der Waals surface area contributed by atoms with Crippen LogP contribution < -0.4 is 5.32 Å². The molecular weight excluding hydrogens is 183 g/mol. The molecule has 6 heteroatoms. The van der Waals surface area contributed by atoms with Crippen molar-refractivity contribution in [2.75, 3.05) is 7.05 Å². The number of nitrogens with zero attached hydrogens (tertiary/aromatic N) is 2. The molecule has 0 aliphatic rings. The maximum atomic E-state index is 11.9. The molecule has 1 aromatic heterocycles. The Kier molecular flexibility index (Phi) is 2.92. The lowest BCUT2D eigenvalue weighted by Gasteiger charge is -2.04. The van der Waals surface area contributed by atoms with Crippen molar-refractivity contribution in [3.8, 4) is 0 Å². The van der Waals surface area contributed by atoms with Gasteiger partial charge in [0.1, 0.15) is 6.54 Å². The van der Waals surface area contributed by atoms with E-state index in [1.807, 2.05) is 0 Å². The number of aromatic nitrogens is 2. The predicted molar refractivity (Wildman–Crippen MR) is 41.0 cm³/mol. The van der Waals surface area contributed by atoms with Gasteiger partial charge in [-0.3, -0.25) is 4.68 Å². The van der Waals surface area contributed by atoms with Crippen LogP contribution in [0.1, 0.15) is 5.56 Å². The van der Waals surface area contributed by atoms with Gasteiger partial charge in [-0.05, 0) is 7.05 Å². The monoisotopic (exact) mass is 193 g/mol. The topological polar surface area (TPSA) is 29.9 Å². The van der Waals surface area contributed by atoms with E-state index < -0.39 is 12.7 Å². The molecule has 1 heterocycles. The van der Waals surface area contributed by atoms with Crippen molar-refractivity contribution in [3.05, 3.63) is 18.0 Å². The highest BCUT2D eigenvalue weighted by molar-refractivity contribution is 5.03. The minimum atomic E-state index is -4.21. The second-order valence-corrected chi connectivity index (χ2v) is 2.69. The van der Waals surface area contributed by atoms with Crippen LogP contribution in [0.15, 0.2) is 12.4 Å². The fourth-order valence-electron chi connectivity index (χ4n) is 0.972. The van der Waals surface area contributed by atoms with Gasteiger partial charge in [-0.15, -0.1) is 0 Å². The molecule has 0 spiro atoms. The third-order valence-corrected chi connectivity index (χ3v) is 1.41. The predicted octanol–water partition coefficient (Wildman–Crippen LogP) is 1.16. The highest BCUT2D eigenvalue weighted by Gasteiger charge is 2.28. The first kappa shape index (κ1) is 10.0. The average molecular weight is 193 g/mol. The quantitative estimate of drug-likeness (QED) is 0.780. The van der Waals surface area contributed by atoms with Gasteiger partial charge in [-0.2, -0.15) is 18.3 Å². The van der Waals surface area contributed by atoms with E-state index in [1.165, 1.54) is 12.4 Å². The Labute approximate surface area is 73.5 Å². The van der Waals surface area contributed by atoms with Crippen molar-refractivity contribution in [1.29, 1.82) is 0 Å². The lowest BCUT2D eigenvalue weighted by molar-refractivity contribution is -0.142. The Morgan fingerprint density at radius 2 is 2.23 bits per heavy atom. The standard InChI is InChI=1S/C7H10F3N3/c1-11-2-6-3-12-13(4-6)5-7(8,9)10/h3-4,11H,2,5H2,1H3. The second kappa shape index (κ2) is 3.78. The number of rotatable bonds is 3. The van der Waals surface area contributed by atoms with Gasteiger partial charge < -0.3 is 5.32 Å². The van der Waals surface area contributed by atoms with Gasteiger partial charge in [0.05, 0.1) is 6.20 Å². The van der Waals surface area contributed by atoms with Gasteiger partial charge in [0.15, 0.2) is 0 Å². The minimum Gasteiger partial charge on any atom is -0.316 e. The largest absolute Gasteiger partial charge is 0.408 e. The Hall–Kier alpha value is -1.04. The number of alkyl halides is 3. The van der Waals surface area contributed by atoms with E-state index in [2.05, 4.69) is 10.4 Å². The van der Waals surface area contributed by atoms with Gasteiger partial charge >= 0.3 is 6.18 Å². The molecule has 0 aliphatic heterocycles. The van der Waals surface area contributed by atoms with E-state index in [1.54, 1.807) is 7.05 Å². The van der Waals surface area contributed by atoms with Crippen molar-refractivity contribution in [2.24, 2.45) is 0 Å².